The van der Waals surface area contributed by atoms with Crippen LogP contribution < -0.4 is 0 Å². The van der Waals surface area contributed by atoms with Gasteiger partial charge < -0.3 is 14.4 Å². The molecule has 0 bridgehead atoms. The van der Waals surface area contributed by atoms with Gasteiger partial charge in [0.1, 0.15) is 11.2 Å². The number of carbonyl (C=O) groups excluding carboxylic acids is 1. The number of likely N-dealkylation sites (tertiary alicyclic amines) is 1. The maximum atomic E-state index is 12.4. The minimum absolute atomic E-state index is 0.341. The van der Waals surface area contributed by atoms with Gasteiger partial charge in [-0.2, -0.15) is 0 Å². The molecule has 1 unspecified atom stereocenters. The van der Waals surface area contributed by atoms with E-state index in [1.54, 1.807) is 23.1 Å². The largest absolute Gasteiger partial charge is 0.444 e. The molecule has 1 aliphatic rings. The second kappa shape index (κ2) is 7.34. The minimum Gasteiger partial charge on any atom is -0.444 e. The first-order chi connectivity index (χ1) is 11.2. The average Bonchev–Trinajstić information content (AvgIpc) is 2.92. The molecule has 4 nitrogen and oxygen atoms in total. The molecule has 0 radical (unpaired) electrons. The van der Waals surface area contributed by atoms with E-state index in [0.717, 1.165) is 5.56 Å². The van der Waals surface area contributed by atoms with Crippen molar-refractivity contribution in [3.63, 3.8) is 0 Å². The average molecular weight is 372 g/mol. The predicted octanol–water partition coefficient (Wildman–Crippen LogP) is 5.03. The van der Waals surface area contributed by atoms with Gasteiger partial charge in [0.25, 0.3) is 0 Å². The zero-order valence-corrected chi connectivity index (χ0v) is 15.8. The molecule has 1 fully saturated rings. The highest BCUT2D eigenvalue weighted by Crippen LogP contribution is 2.38. The summed E-state index contributed by atoms with van der Waals surface area (Å²) < 4.78 is 11.5. The lowest BCUT2D eigenvalue weighted by atomic mass is 9.92. The number of hydrogen-bond donors (Lipinski definition) is 0. The van der Waals surface area contributed by atoms with Crippen molar-refractivity contribution in [2.24, 2.45) is 0 Å². The quantitative estimate of drug-likeness (QED) is 0.696. The van der Waals surface area contributed by atoms with E-state index in [0.29, 0.717) is 36.2 Å². The molecule has 1 saturated heterocycles. The Morgan fingerprint density at radius 3 is 2.67 bits per heavy atom. The van der Waals surface area contributed by atoms with E-state index in [1.807, 2.05) is 26.8 Å². The number of hydrogen-bond acceptors (Lipinski definition) is 3. The number of amides is 1. The lowest BCUT2D eigenvalue weighted by molar-refractivity contribution is -0.0309. The Morgan fingerprint density at radius 2 is 2.08 bits per heavy atom. The standard InChI is InChI=1S/C18H23Cl2NO3/c1-5-10-23-18(13-6-7-14(19)15(20)11-13)8-9-21(12-18)16(22)24-17(2,3)4/h5-7,11H,1,8-10,12H2,2-4H3. The van der Waals surface area contributed by atoms with Gasteiger partial charge in [-0.1, -0.05) is 35.3 Å². The Hall–Kier alpha value is -1.23. The van der Waals surface area contributed by atoms with Gasteiger partial charge in [-0.15, -0.1) is 6.58 Å². The van der Waals surface area contributed by atoms with Crippen LogP contribution in [-0.4, -0.2) is 36.3 Å². The molecule has 0 aliphatic carbocycles. The number of carbonyl (C=O) groups is 1. The van der Waals surface area contributed by atoms with E-state index in [-0.39, 0.29) is 6.09 Å². The molecule has 1 aromatic carbocycles. The van der Waals surface area contributed by atoms with E-state index in [2.05, 4.69) is 6.58 Å². The third kappa shape index (κ3) is 4.44. The summed E-state index contributed by atoms with van der Waals surface area (Å²) in [5, 5.41) is 0.952. The first-order valence-corrected chi connectivity index (χ1v) is 8.61. The smallest absolute Gasteiger partial charge is 0.410 e. The minimum atomic E-state index is -0.640. The highest BCUT2D eigenvalue weighted by Gasteiger charge is 2.43. The van der Waals surface area contributed by atoms with Crippen molar-refractivity contribution in [3.8, 4) is 0 Å². The van der Waals surface area contributed by atoms with Crippen LogP contribution in [0.25, 0.3) is 0 Å². The number of nitrogens with zero attached hydrogens (tertiary/aromatic N) is 1. The van der Waals surface area contributed by atoms with Crippen molar-refractivity contribution in [3.05, 3.63) is 46.5 Å². The number of rotatable bonds is 4. The van der Waals surface area contributed by atoms with Gasteiger partial charge in [0.15, 0.2) is 0 Å². The molecule has 6 heteroatoms. The summed E-state index contributed by atoms with van der Waals surface area (Å²) in [6.45, 7) is 10.6. The third-order valence-corrected chi connectivity index (χ3v) is 4.55. The van der Waals surface area contributed by atoms with Crippen molar-refractivity contribution < 1.29 is 14.3 Å². The van der Waals surface area contributed by atoms with Gasteiger partial charge in [-0.3, -0.25) is 0 Å². The van der Waals surface area contributed by atoms with Crippen LogP contribution in [0.3, 0.4) is 0 Å². The van der Waals surface area contributed by atoms with Crippen LogP contribution in [0.4, 0.5) is 4.79 Å². The van der Waals surface area contributed by atoms with Gasteiger partial charge in [-0.05, 0) is 38.5 Å². The summed E-state index contributed by atoms with van der Waals surface area (Å²) in [5.41, 5.74) is -0.280. The first-order valence-electron chi connectivity index (χ1n) is 7.85. The van der Waals surface area contributed by atoms with Gasteiger partial charge >= 0.3 is 6.09 Å². The molecular weight excluding hydrogens is 349 g/mol. The molecule has 1 aliphatic heterocycles. The summed E-state index contributed by atoms with van der Waals surface area (Å²) in [6, 6.07) is 5.43. The van der Waals surface area contributed by atoms with Crippen LogP contribution in [0.1, 0.15) is 32.8 Å². The maximum absolute atomic E-state index is 12.4. The molecule has 1 heterocycles. The molecule has 0 N–H and O–H groups in total. The summed E-state index contributed by atoms with van der Waals surface area (Å²) >= 11 is 12.2. The molecule has 1 amide bonds. The lowest BCUT2D eigenvalue weighted by Crippen LogP contribution is -2.39. The molecule has 2 rings (SSSR count). The highest BCUT2D eigenvalue weighted by atomic mass is 35.5. The zero-order valence-electron chi connectivity index (χ0n) is 14.3. The van der Waals surface area contributed by atoms with E-state index in [1.165, 1.54) is 0 Å². The van der Waals surface area contributed by atoms with Crippen LogP contribution in [0.5, 0.6) is 0 Å². The fourth-order valence-corrected chi connectivity index (χ4v) is 3.00. The molecule has 132 valence electrons. The fraction of sp³-hybridized carbons (Fsp3) is 0.500. The van der Waals surface area contributed by atoms with Gasteiger partial charge in [0.2, 0.25) is 0 Å². The van der Waals surface area contributed by atoms with Crippen molar-refractivity contribution in [1.82, 2.24) is 4.90 Å². The SMILES string of the molecule is C=CCOC1(c2ccc(Cl)c(Cl)c2)CCN(C(=O)OC(C)(C)C)C1. The normalized spacial score (nSPS) is 21.0. The van der Waals surface area contributed by atoms with Crippen LogP contribution >= 0.6 is 23.2 Å². The van der Waals surface area contributed by atoms with Gasteiger partial charge in [0.05, 0.1) is 23.2 Å². The van der Waals surface area contributed by atoms with Crippen LogP contribution in [0, 0.1) is 0 Å². The number of halogens is 2. The van der Waals surface area contributed by atoms with Crippen LogP contribution in [-0.2, 0) is 15.1 Å². The Kier molecular flexibility index (Phi) is 5.84. The first kappa shape index (κ1) is 19.1. The van der Waals surface area contributed by atoms with Crippen LogP contribution in [0.15, 0.2) is 30.9 Å². The Bertz CT molecular complexity index is 627. The van der Waals surface area contributed by atoms with Gasteiger partial charge in [-0.25, -0.2) is 4.79 Å². The molecule has 0 saturated carbocycles. The summed E-state index contributed by atoms with van der Waals surface area (Å²) in [7, 11) is 0. The molecule has 0 spiro atoms. The Labute approximate surface area is 153 Å². The predicted molar refractivity (Wildman–Crippen MR) is 96.7 cm³/mol. The number of benzene rings is 1. The number of ether oxygens (including phenoxy) is 2. The van der Waals surface area contributed by atoms with Crippen molar-refractivity contribution in [1.29, 1.82) is 0 Å². The summed E-state index contributed by atoms with van der Waals surface area (Å²) in [6.07, 6.45) is 2.00. The second-order valence-corrected chi connectivity index (χ2v) is 7.69. The zero-order chi connectivity index (χ0) is 18.0. The fourth-order valence-electron chi connectivity index (χ4n) is 2.70. The molecule has 24 heavy (non-hydrogen) atoms. The molecule has 1 aromatic rings. The topological polar surface area (TPSA) is 38.8 Å². The molecular formula is C18H23Cl2NO3. The van der Waals surface area contributed by atoms with Crippen molar-refractivity contribution in [2.75, 3.05) is 19.7 Å². The third-order valence-electron chi connectivity index (χ3n) is 3.81. The summed E-state index contributed by atoms with van der Waals surface area (Å²) in [5.74, 6) is 0. The van der Waals surface area contributed by atoms with Crippen LogP contribution in [0.2, 0.25) is 10.0 Å². The monoisotopic (exact) mass is 371 g/mol. The van der Waals surface area contributed by atoms with E-state index in [9.17, 15) is 4.79 Å². The summed E-state index contributed by atoms with van der Waals surface area (Å²) in [4.78, 5) is 14.0. The maximum Gasteiger partial charge on any atom is 0.410 e. The van der Waals surface area contributed by atoms with Crippen molar-refractivity contribution in [2.45, 2.75) is 38.4 Å². The van der Waals surface area contributed by atoms with E-state index < -0.39 is 11.2 Å². The molecule has 0 aromatic heterocycles. The Morgan fingerprint density at radius 1 is 1.38 bits per heavy atom. The highest BCUT2D eigenvalue weighted by molar-refractivity contribution is 6.42. The van der Waals surface area contributed by atoms with E-state index >= 15 is 0 Å². The van der Waals surface area contributed by atoms with E-state index in [4.69, 9.17) is 32.7 Å². The molecule has 1 atom stereocenters. The lowest BCUT2D eigenvalue weighted by Gasteiger charge is -2.31. The Balaban J connectivity index is 2.25. The van der Waals surface area contributed by atoms with Crippen molar-refractivity contribution >= 4 is 29.3 Å². The van der Waals surface area contributed by atoms with Gasteiger partial charge in [0, 0.05) is 13.0 Å². The second-order valence-electron chi connectivity index (χ2n) is 6.87.